The number of ketones is 1. The number of ether oxygens (including phenoxy) is 1. The maximum absolute atomic E-state index is 13.3. The maximum Gasteiger partial charge on any atom is 0.228 e. The lowest BCUT2D eigenvalue weighted by Crippen LogP contribution is -1.99. The molecule has 0 aliphatic carbocycles. The van der Waals surface area contributed by atoms with Crippen LogP contribution in [0.3, 0.4) is 0 Å². The van der Waals surface area contributed by atoms with Crippen LogP contribution in [0, 0.1) is 12.7 Å². The molecule has 0 spiro atoms. The van der Waals surface area contributed by atoms with Gasteiger partial charge >= 0.3 is 0 Å². The summed E-state index contributed by atoms with van der Waals surface area (Å²) in [5, 5.41) is -0.00376. The first-order chi connectivity index (χ1) is 14.0. The van der Waals surface area contributed by atoms with Crippen molar-refractivity contribution >= 4 is 17.4 Å². The molecule has 0 aliphatic rings. The second-order valence-electron chi connectivity index (χ2n) is 6.56. The maximum atomic E-state index is 13.3. The summed E-state index contributed by atoms with van der Waals surface area (Å²) in [6.07, 6.45) is 0. The van der Waals surface area contributed by atoms with Gasteiger partial charge in [-0.05, 0) is 73.7 Å². The van der Waals surface area contributed by atoms with Crippen molar-refractivity contribution in [2.75, 3.05) is 0 Å². The smallest absolute Gasteiger partial charge is 0.228 e. The van der Waals surface area contributed by atoms with Crippen molar-refractivity contribution in [1.29, 1.82) is 0 Å². The molecule has 0 saturated heterocycles. The van der Waals surface area contributed by atoms with E-state index in [2.05, 4.69) is 0 Å². The van der Waals surface area contributed by atoms with E-state index >= 15 is 0 Å². The standard InChI is InChI=1S/C24H16ClFO3/c1-15-2-7-18(8-3-15)28-19-9-4-16(5-10-19)24(27)23-13-12-22(29-23)17-6-11-21(26)20(25)14-17/h2-14H,1H3. The van der Waals surface area contributed by atoms with Gasteiger partial charge in [0.15, 0.2) is 5.76 Å². The summed E-state index contributed by atoms with van der Waals surface area (Å²) in [7, 11) is 0. The first kappa shape index (κ1) is 19.0. The van der Waals surface area contributed by atoms with Crippen molar-refractivity contribution in [1.82, 2.24) is 0 Å². The Labute approximate surface area is 172 Å². The Kier molecular flexibility index (Phi) is 5.19. The summed E-state index contributed by atoms with van der Waals surface area (Å²) in [5.41, 5.74) is 2.22. The fourth-order valence-corrected chi connectivity index (χ4v) is 3.00. The molecular weight excluding hydrogens is 391 g/mol. The molecule has 0 saturated carbocycles. The van der Waals surface area contributed by atoms with Crippen molar-refractivity contribution in [3.05, 3.63) is 107 Å². The molecule has 0 aliphatic heterocycles. The summed E-state index contributed by atoms with van der Waals surface area (Å²) in [6, 6.07) is 22.1. The van der Waals surface area contributed by atoms with E-state index in [1.54, 1.807) is 42.5 Å². The van der Waals surface area contributed by atoms with Gasteiger partial charge in [0.1, 0.15) is 23.1 Å². The van der Waals surface area contributed by atoms with Crippen LogP contribution in [0.15, 0.2) is 83.3 Å². The highest BCUT2D eigenvalue weighted by Crippen LogP contribution is 2.28. The highest BCUT2D eigenvalue weighted by molar-refractivity contribution is 6.31. The van der Waals surface area contributed by atoms with Gasteiger partial charge in [0.2, 0.25) is 5.78 Å². The van der Waals surface area contributed by atoms with Crippen molar-refractivity contribution < 1.29 is 18.3 Å². The molecule has 0 fully saturated rings. The monoisotopic (exact) mass is 406 g/mol. The lowest BCUT2D eigenvalue weighted by molar-refractivity contribution is 0.101. The lowest BCUT2D eigenvalue weighted by atomic mass is 10.1. The minimum absolute atomic E-state index is 0.00376. The zero-order valence-electron chi connectivity index (χ0n) is 15.5. The van der Waals surface area contributed by atoms with Gasteiger partial charge in [-0.25, -0.2) is 4.39 Å². The van der Waals surface area contributed by atoms with Crippen LogP contribution in [0.4, 0.5) is 4.39 Å². The SMILES string of the molecule is Cc1ccc(Oc2ccc(C(=O)c3ccc(-c4ccc(F)c(Cl)c4)o3)cc2)cc1. The van der Waals surface area contributed by atoms with Crippen molar-refractivity contribution in [3.8, 4) is 22.8 Å². The van der Waals surface area contributed by atoms with E-state index in [0.717, 1.165) is 11.3 Å². The molecule has 0 radical (unpaired) electrons. The normalized spacial score (nSPS) is 10.7. The predicted octanol–water partition coefficient (Wildman–Crippen LogP) is 7.07. The van der Waals surface area contributed by atoms with Gasteiger partial charge in [-0.15, -0.1) is 0 Å². The molecule has 144 valence electrons. The highest BCUT2D eigenvalue weighted by atomic mass is 35.5. The predicted molar refractivity (Wildman–Crippen MR) is 110 cm³/mol. The molecule has 0 unspecified atom stereocenters. The molecule has 1 heterocycles. The van der Waals surface area contributed by atoms with Gasteiger partial charge in [-0.1, -0.05) is 29.3 Å². The molecule has 29 heavy (non-hydrogen) atoms. The number of halogens is 2. The van der Waals surface area contributed by atoms with E-state index < -0.39 is 5.82 Å². The summed E-state index contributed by atoms with van der Waals surface area (Å²) in [4.78, 5) is 12.7. The Hall–Kier alpha value is -3.37. The number of hydrogen-bond donors (Lipinski definition) is 0. The van der Waals surface area contributed by atoms with Crippen LogP contribution >= 0.6 is 11.6 Å². The van der Waals surface area contributed by atoms with Gasteiger partial charge in [-0.2, -0.15) is 0 Å². The Bertz CT molecular complexity index is 1160. The molecule has 4 rings (SSSR count). The van der Waals surface area contributed by atoms with E-state index in [-0.39, 0.29) is 16.6 Å². The molecule has 0 atom stereocenters. The number of carbonyl (C=O) groups is 1. The number of benzene rings is 3. The third-order valence-corrected chi connectivity index (χ3v) is 4.70. The third-order valence-electron chi connectivity index (χ3n) is 4.41. The fraction of sp³-hybridized carbons (Fsp3) is 0.0417. The average molecular weight is 407 g/mol. The van der Waals surface area contributed by atoms with Crippen molar-refractivity contribution in [2.24, 2.45) is 0 Å². The zero-order chi connectivity index (χ0) is 20.4. The van der Waals surface area contributed by atoms with Gasteiger partial charge < -0.3 is 9.15 Å². The number of furan rings is 1. The molecule has 0 N–H and O–H groups in total. The number of carbonyl (C=O) groups excluding carboxylic acids is 1. The minimum Gasteiger partial charge on any atom is -0.457 e. The molecule has 3 nitrogen and oxygen atoms in total. The topological polar surface area (TPSA) is 39.4 Å². The Morgan fingerprint density at radius 1 is 0.897 bits per heavy atom. The van der Waals surface area contributed by atoms with Crippen LogP contribution in [-0.2, 0) is 0 Å². The Balaban J connectivity index is 1.50. The van der Waals surface area contributed by atoms with Crippen LogP contribution in [-0.4, -0.2) is 5.78 Å². The van der Waals surface area contributed by atoms with Crippen LogP contribution in [0.5, 0.6) is 11.5 Å². The lowest BCUT2D eigenvalue weighted by Gasteiger charge is -2.06. The van der Waals surface area contributed by atoms with E-state index in [9.17, 15) is 9.18 Å². The first-order valence-corrected chi connectivity index (χ1v) is 9.32. The van der Waals surface area contributed by atoms with E-state index in [1.165, 1.54) is 12.1 Å². The van der Waals surface area contributed by atoms with Crippen LogP contribution < -0.4 is 4.74 Å². The van der Waals surface area contributed by atoms with E-state index in [0.29, 0.717) is 22.6 Å². The molecule has 0 amide bonds. The second-order valence-corrected chi connectivity index (χ2v) is 6.97. The van der Waals surface area contributed by atoms with Gasteiger partial charge in [-0.3, -0.25) is 4.79 Å². The largest absolute Gasteiger partial charge is 0.457 e. The summed E-state index contributed by atoms with van der Waals surface area (Å²) in [6.45, 7) is 2.01. The molecule has 3 aromatic carbocycles. The van der Waals surface area contributed by atoms with Crippen LogP contribution in [0.25, 0.3) is 11.3 Å². The third kappa shape index (κ3) is 4.23. The molecule has 4 aromatic rings. The second kappa shape index (κ2) is 7.94. The number of aryl methyl sites for hydroxylation is 1. The van der Waals surface area contributed by atoms with Gasteiger partial charge in [0, 0.05) is 11.1 Å². The summed E-state index contributed by atoms with van der Waals surface area (Å²) in [5.74, 6) is 1.22. The number of hydrogen-bond acceptors (Lipinski definition) is 3. The van der Waals surface area contributed by atoms with Crippen LogP contribution in [0.2, 0.25) is 5.02 Å². The van der Waals surface area contributed by atoms with Crippen LogP contribution in [0.1, 0.15) is 21.7 Å². The van der Waals surface area contributed by atoms with E-state index in [1.807, 2.05) is 31.2 Å². The molecule has 1 aromatic heterocycles. The Morgan fingerprint density at radius 3 is 2.21 bits per heavy atom. The Morgan fingerprint density at radius 2 is 1.55 bits per heavy atom. The summed E-state index contributed by atoms with van der Waals surface area (Å²) >= 11 is 5.81. The average Bonchev–Trinajstić information content (AvgIpc) is 3.22. The molecule has 0 bridgehead atoms. The van der Waals surface area contributed by atoms with Gasteiger partial charge in [0.25, 0.3) is 0 Å². The zero-order valence-corrected chi connectivity index (χ0v) is 16.2. The first-order valence-electron chi connectivity index (χ1n) is 8.94. The molecule has 5 heteroatoms. The molecular formula is C24H16ClFO3. The summed E-state index contributed by atoms with van der Waals surface area (Å²) < 4.78 is 24.8. The van der Waals surface area contributed by atoms with Gasteiger partial charge in [0.05, 0.1) is 5.02 Å². The van der Waals surface area contributed by atoms with Crippen molar-refractivity contribution in [2.45, 2.75) is 6.92 Å². The van der Waals surface area contributed by atoms with E-state index in [4.69, 9.17) is 20.8 Å². The minimum atomic E-state index is -0.508. The fourth-order valence-electron chi connectivity index (χ4n) is 2.82. The quantitative estimate of drug-likeness (QED) is 0.333. The number of rotatable bonds is 5. The van der Waals surface area contributed by atoms with Crippen molar-refractivity contribution in [3.63, 3.8) is 0 Å². The highest BCUT2D eigenvalue weighted by Gasteiger charge is 2.15.